The zero-order chi connectivity index (χ0) is 23.6. The van der Waals surface area contributed by atoms with E-state index in [9.17, 15) is 22.8 Å². The fraction of sp³-hybridized carbons (Fsp3) is 0.435. The zero-order valence-electron chi connectivity index (χ0n) is 18.1. The molecule has 2 N–H and O–H groups in total. The quantitative estimate of drug-likeness (QED) is 0.424. The lowest BCUT2D eigenvalue weighted by Gasteiger charge is -2.24. The van der Waals surface area contributed by atoms with E-state index in [1.54, 1.807) is 13.1 Å². The number of hydrogen-bond donors (Lipinski definition) is 2. The van der Waals surface area contributed by atoms with Crippen molar-refractivity contribution in [1.82, 2.24) is 10.3 Å². The Kier molecular flexibility index (Phi) is 6.56. The van der Waals surface area contributed by atoms with E-state index >= 15 is 0 Å². The molecule has 4 rings (SSSR count). The van der Waals surface area contributed by atoms with Crippen molar-refractivity contribution in [2.75, 3.05) is 10.2 Å². The van der Waals surface area contributed by atoms with Gasteiger partial charge in [0.25, 0.3) is 5.91 Å². The number of amides is 3. The molecule has 1 unspecified atom stereocenters. The van der Waals surface area contributed by atoms with Crippen molar-refractivity contribution in [3.8, 4) is 0 Å². The highest BCUT2D eigenvalue weighted by molar-refractivity contribution is 8.00. The first-order valence-electron chi connectivity index (χ1n) is 10.9. The molecule has 1 atom stereocenters. The summed E-state index contributed by atoms with van der Waals surface area (Å²) in [6.45, 7) is 1.65. The lowest BCUT2D eigenvalue weighted by Crippen LogP contribution is -2.46. The molecule has 176 valence electrons. The maximum absolute atomic E-state index is 13.2. The number of hydrogen-bond acceptors (Lipinski definition) is 5. The van der Waals surface area contributed by atoms with E-state index in [4.69, 9.17) is 0 Å². The summed E-state index contributed by atoms with van der Waals surface area (Å²) in [5, 5.41) is 6.20. The number of anilines is 2. The van der Waals surface area contributed by atoms with E-state index < -0.39 is 23.0 Å². The normalized spacial score (nSPS) is 21.9. The number of nitrogens with zero attached hydrogens (tertiary/aromatic N) is 2. The van der Waals surface area contributed by atoms with Crippen LogP contribution in [0.1, 0.15) is 44.6 Å². The smallest absolute Gasteiger partial charge is 0.367 e. The molecule has 2 heterocycles. The highest BCUT2D eigenvalue weighted by atomic mass is 32.2. The molecule has 6 nitrogen and oxygen atoms in total. The number of alkyl halides is 3. The van der Waals surface area contributed by atoms with Crippen molar-refractivity contribution >= 4 is 35.2 Å². The Hall–Kier alpha value is -2.75. The van der Waals surface area contributed by atoms with E-state index in [0.29, 0.717) is 6.04 Å². The van der Waals surface area contributed by atoms with Crippen molar-refractivity contribution in [2.24, 2.45) is 0 Å². The zero-order valence-corrected chi connectivity index (χ0v) is 18.9. The number of pyridine rings is 1. The minimum absolute atomic E-state index is 0.0177. The Morgan fingerprint density at radius 3 is 2.52 bits per heavy atom. The van der Waals surface area contributed by atoms with E-state index in [-0.39, 0.29) is 28.8 Å². The van der Waals surface area contributed by atoms with Crippen LogP contribution < -0.4 is 15.5 Å². The summed E-state index contributed by atoms with van der Waals surface area (Å²) < 4.78 is 37.7. The number of carbonyl (C=O) groups excluding carboxylic acids is 2. The van der Waals surface area contributed by atoms with Gasteiger partial charge in [0.2, 0.25) is 0 Å². The van der Waals surface area contributed by atoms with E-state index in [0.717, 1.165) is 29.1 Å². The van der Waals surface area contributed by atoms with Crippen molar-refractivity contribution in [3.05, 3.63) is 48.2 Å². The van der Waals surface area contributed by atoms with Crippen LogP contribution in [0.15, 0.2) is 47.5 Å². The summed E-state index contributed by atoms with van der Waals surface area (Å²) in [5.41, 5.74) is -4.52. The molecule has 1 aromatic heterocycles. The Morgan fingerprint density at radius 1 is 1.15 bits per heavy atom. The van der Waals surface area contributed by atoms with Gasteiger partial charge in [-0.05, 0) is 73.5 Å². The Balaban J connectivity index is 1.46. The van der Waals surface area contributed by atoms with Gasteiger partial charge in [0.05, 0.1) is 5.69 Å². The van der Waals surface area contributed by atoms with Gasteiger partial charge in [-0.3, -0.25) is 4.79 Å². The molecule has 33 heavy (non-hydrogen) atoms. The standard InChI is InChI=1S/C23H25F3N4O2S/c1-22(14-15-11-12-27-19(13-15)28-16-5-3-2-4-6-16)20(31)30(21(32)29-22)17-7-9-18(10-8-17)33-23(24,25)26/h7-13,16H,2-6,14H2,1H3,(H,27,28)(H,29,32). The molecule has 1 saturated heterocycles. The molecule has 0 bridgehead atoms. The second-order valence-corrected chi connectivity index (χ2v) is 9.79. The highest BCUT2D eigenvalue weighted by Gasteiger charge is 2.48. The molecule has 0 spiro atoms. The van der Waals surface area contributed by atoms with E-state index in [1.165, 1.54) is 43.5 Å². The lowest BCUT2D eigenvalue weighted by atomic mass is 9.93. The fourth-order valence-electron chi connectivity index (χ4n) is 4.36. The fourth-order valence-corrected chi connectivity index (χ4v) is 4.90. The molecular formula is C23H25F3N4O2S. The van der Waals surface area contributed by atoms with Crippen LogP contribution in [0, 0.1) is 0 Å². The number of halogens is 3. The Morgan fingerprint density at radius 2 is 1.85 bits per heavy atom. The molecule has 1 saturated carbocycles. The predicted molar refractivity (Wildman–Crippen MR) is 121 cm³/mol. The maximum atomic E-state index is 13.2. The summed E-state index contributed by atoms with van der Waals surface area (Å²) >= 11 is -0.247. The van der Waals surface area contributed by atoms with Gasteiger partial charge in [-0.15, -0.1) is 0 Å². The first-order valence-corrected chi connectivity index (χ1v) is 11.7. The van der Waals surface area contributed by atoms with Crippen molar-refractivity contribution < 1.29 is 22.8 Å². The first kappa shape index (κ1) is 23.4. The van der Waals surface area contributed by atoms with Crippen LogP contribution in [0.2, 0.25) is 0 Å². The van der Waals surface area contributed by atoms with Crippen LogP contribution in [0.25, 0.3) is 0 Å². The molecule has 1 aliphatic carbocycles. The second-order valence-electron chi connectivity index (χ2n) is 8.65. The van der Waals surface area contributed by atoms with Crippen molar-refractivity contribution in [3.63, 3.8) is 0 Å². The highest BCUT2D eigenvalue weighted by Crippen LogP contribution is 2.38. The van der Waals surface area contributed by atoms with Crippen LogP contribution >= 0.6 is 11.8 Å². The summed E-state index contributed by atoms with van der Waals surface area (Å²) in [4.78, 5) is 31.1. The molecular weight excluding hydrogens is 453 g/mol. The average molecular weight is 479 g/mol. The largest absolute Gasteiger partial charge is 0.446 e. The second kappa shape index (κ2) is 9.24. The number of carbonyl (C=O) groups is 2. The van der Waals surface area contributed by atoms with Gasteiger partial charge < -0.3 is 10.6 Å². The Labute approximate surface area is 194 Å². The maximum Gasteiger partial charge on any atom is 0.446 e. The van der Waals surface area contributed by atoms with Gasteiger partial charge in [-0.2, -0.15) is 13.2 Å². The molecule has 1 aliphatic heterocycles. The van der Waals surface area contributed by atoms with E-state index in [2.05, 4.69) is 15.6 Å². The molecule has 1 aromatic carbocycles. The van der Waals surface area contributed by atoms with Crippen LogP contribution in [-0.4, -0.2) is 34.0 Å². The van der Waals surface area contributed by atoms with Crippen molar-refractivity contribution in [2.45, 2.75) is 67.4 Å². The minimum atomic E-state index is -4.41. The molecule has 2 fully saturated rings. The number of rotatable bonds is 6. The number of urea groups is 1. The summed E-state index contributed by atoms with van der Waals surface area (Å²) in [6.07, 6.45) is 7.80. The van der Waals surface area contributed by atoms with Crippen molar-refractivity contribution in [1.29, 1.82) is 0 Å². The SMILES string of the molecule is CC1(Cc2ccnc(NC3CCCCC3)c2)NC(=O)N(c2ccc(SC(F)(F)F)cc2)C1=O. The molecule has 2 aromatic rings. The predicted octanol–water partition coefficient (Wildman–Crippen LogP) is 5.50. The number of thioether (sulfide) groups is 1. The average Bonchev–Trinajstić information content (AvgIpc) is 2.96. The molecule has 3 amide bonds. The van der Waals surface area contributed by atoms with Gasteiger partial charge >= 0.3 is 11.5 Å². The van der Waals surface area contributed by atoms with Crippen LogP contribution in [0.5, 0.6) is 0 Å². The van der Waals surface area contributed by atoms with Gasteiger partial charge in [-0.25, -0.2) is 14.7 Å². The molecule has 0 radical (unpaired) electrons. The first-order chi connectivity index (χ1) is 15.6. The topological polar surface area (TPSA) is 74.3 Å². The number of imide groups is 1. The molecule has 2 aliphatic rings. The summed E-state index contributed by atoms with van der Waals surface area (Å²) in [6, 6.07) is 8.66. The third-order valence-electron chi connectivity index (χ3n) is 5.93. The van der Waals surface area contributed by atoms with Crippen LogP contribution in [0.4, 0.5) is 29.5 Å². The minimum Gasteiger partial charge on any atom is -0.367 e. The lowest BCUT2D eigenvalue weighted by molar-refractivity contribution is -0.121. The van der Waals surface area contributed by atoms with Gasteiger partial charge in [-0.1, -0.05) is 19.3 Å². The molecule has 10 heteroatoms. The van der Waals surface area contributed by atoms with Gasteiger partial charge in [0.15, 0.2) is 0 Å². The third-order valence-corrected chi connectivity index (χ3v) is 6.67. The monoisotopic (exact) mass is 478 g/mol. The van der Waals surface area contributed by atoms with Gasteiger partial charge in [0.1, 0.15) is 11.4 Å². The van der Waals surface area contributed by atoms with Crippen LogP contribution in [0.3, 0.4) is 0 Å². The third kappa shape index (κ3) is 5.61. The number of nitrogens with one attached hydrogen (secondary N) is 2. The Bertz CT molecular complexity index is 1030. The number of benzene rings is 1. The van der Waals surface area contributed by atoms with Crippen LogP contribution in [-0.2, 0) is 11.2 Å². The van der Waals surface area contributed by atoms with E-state index in [1.807, 2.05) is 12.1 Å². The number of aromatic nitrogens is 1. The van der Waals surface area contributed by atoms with Gasteiger partial charge in [0, 0.05) is 23.6 Å². The summed E-state index contributed by atoms with van der Waals surface area (Å²) in [5.74, 6) is 0.289. The summed E-state index contributed by atoms with van der Waals surface area (Å²) in [7, 11) is 0.